The van der Waals surface area contributed by atoms with E-state index in [1.165, 1.54) is 6.92 Å². The third-order valence-electron chi connectivity index (χ3n) is 5.26. The zero-order chi connectivity index (χ0) is 24.5. The molecule has 2 aromatic carbocycles. The maximum atomic E-state index is 11.7. The Morgan fingerprint density at radius 3 is 2.55 bits per heavy atom. The number of ketones is 1. The largest absolute Gasteiger partial charge is 0.507 e. The molecular formula is C25H31ClO6S. The summed E-state index contributed by atoms with van der Waals surface area (Å²) in [5.41, 5.74) is 1.56. The first kappa shape index (κ1) is 27.0. The highest BCUT2D eigenvalue weighted by Crippen LogP contribution is 2.34. The van der Waals surface area contributed by atoms with Gasteiger partial charge >= 0.3 is 5.97 Å². The molecule has 0 aliphatic heterocycles. The Hall–Kier alpha value is -2.22. The van der Waals surface area contributed by atoms with E-state index in [9.17, 15) is 19.8 Å². The smallest absolute Gasteiger partial charge is 0.303 e. The number of halogens is 1. The van der Waals surface area contributed by atoms with Gasteiger partial charge < -0.3 is 20.1 Å². The van der Waals surface area contributed by atoms with Gasteiger partial charge in [-0.1, -0.05) is 37.9 Å². The minimum Gasteiger partial charge on any atom is -0.507 e. The molecular weight excluding hydrogens is 464 g/mol. The lowest BCUT2D eigenvalue weighted by Gasteiger charge is -2.18. The Morgan fingerprint density at radius 2 is 1.94 bits per heavy atom. The molecule has 0 amide bonds. The van der Waals surface area contributed by atoms with Crippen LogP contribution in [0.1, 0.15) is 67.6 Å². The first-order valence-electron chi connectivity index (χ1n) is 11.0. The van der Waals surface area contributed by atoms with E-state index in [-0.39, 0.29) is 18.0 Å². The lowest BCUT2D eigenvalue weighted by Crippen LogP contribution is -2.13. The summed E-state index contributed by atoms with van der Waals surface area (Å²) in [5.74, 6) is -0.208. The van der Waals surface area contributed by atoms with Gasteiger partial charge in [0.1, 0.15) is 11.5 Å². The number of carbonyl (C=O) groups excluding carboxylic acids is 1. The Bertz CT molecular complexity index is 978. The minimum absolute atomic E-state index is 0.00274. The number of hydrogen-bond acceptors (Lipinski definition) is 6. The van der Waals surface area contributed by atoms with Crippen LogP contribution in [0, 0.1) is 5.92 Å². The molecule has 3 N–H and O–H groups in total. The van der Waals surface area contributed by atoms with Gasteiger partial charge in [0.15, 0.2) is 5.78 Å². The maximum Gasteiger partial charge on any atom is 0.303 e. The van der Waals surface area contributed by atoms with Crippen LogP contribution in [0.2, 0.25) is 5.02 Å². The zero-order valence-corrected chi connectivity index (χ0v) is 20.7. The number of rotatable bonds is 13. The van der Waals surface area contributed by atoms with Gasteiger partial charge in [-0.3, -0.25) is 9.59 Å². The van der Waals surface area contributed by atoms with Crippen LogP contribution in [0.4, 0.5) is 0 Å². The molecule has 0 spiro atoms. The lowest BCUT2D eigenvalue weighted by molar-refractivity contribution is -0.139. The molecule has 0 saturated carbocycles. The average molecular weight is 495 g/mol. The second-order valence-corrected chi connectivity index (χ2v) is 9.55. The number of carboxylic acids is 1. The highest BCUT2D eigenvalue weighted by atomic mass is 35.5. The van der Waals surface area contributed by atoms with Crippen LogP contribution in [0.5, 0.6) is 11.5 Å². The van der Waals surface area contributed by atoms with Gasteiger partial charge in [0.05, 0.1) is 29.7 Å². The first-order valence-corrected chi connectivity index (χ1v) is 12.3. The van der Waals surface area contributed by atoms with Crippen molar-refractivity contribution in [3.63, 3.8) is 0 Å². The predicted molar refractivity (Wildman–Crippen MR) is 131 cm³/mol. The molecule has 0 aliphatic rings. The van der Waals surface area contributed by atoms with Crippen molar-refractivity contribution < 1.29 is 29.6 Å². The van der Waals surface area contributed by atoms with Gasteiger partial charge in [-0.25, -0.2) is 0 Å². The summed E-state index contributed by atoms with van der Waals surface area (Å²) in [5, 5.41) is 30.2. The number of aliphatic carboxylic acids is 1. The maximum absolute atomic E-state index is 11.7. The second-order valence-electron chi connectivity index (χ2n) is 8.00. The number of benzene rings is 2. The molecule has 6 nitrogen and oxygen atoms in total. The molecule has 8 heteroatoms. The molecule has 180 valence electrons. The van der Waals surface area contributed by atoms with E-state index in [4.69, 9.17) is 21.4 Å². The summed E-state index contributed by atoms with van der Waals surface area (Å²) in [6.07, 6.45) is 1.16. The van der Waals surface area contributed by atoms with E-state index in [1.54, 1.807) is 43.0 Å². The van der Waals surface area contributed by atoms with Gasteiger partial charge in [-0.05, 0) is 55.5 Å². The monoisotopic (exact) mass is 494 g/mol. The van der Waals surface area contributed by atoms with Gasteiger partial charge in [0, 0.05) is 16.2 Å². The van der Waals surface area contributed by atoms with Crippen LogP contribution >= 0.6 is 23.4 Å². The number of aromatic hydroxyl groups is 1. The number of aliphatic hydroxyl groups is 1. The van der Waals surface area contributed by atoms with Crippen LogP contribution in [0.3, 0.4) is 0 Å². The van der Waals surface area contributed by atoms with Gasteiger partial charge in [0.2, 0.25) is 0 Å². The summed E-state index contributed by atoms with van der Waals surface area (Å²) in [6, 6.07) is 8.61. The molecule has 0 bridgehead atoms. The molecule has 33 heavy (non-hydrogen) atoms. The molecule has 2 aromatic rings. The van der Waals surface area contributed by atoms with Crippen molar-refractivity contribution in [3.8, 4) is 11.5 Å². The van der Waals surface area contributed by atoms with E-state index in [2.05, 4.69) is 0 Å². The van der Waals surface area contributed by atoms with Crippen LogP contribution in [0.15, 0.2) is 35.2 Å². The fourth-order valence-corrected chi connectivity index (χ4v) is 4.68. The molecule has 0 heterocycles. The van der Waals surface area contributed by atoms with E-state index >= 15 is 0 Å². The summed E-state index contributed by atoms with van der Waals surface area (Å²) < 4.78 is 5.88. The third kappa shape index (κ3) is 7.66. The second kappa shape index (κ2) is 12.9. The standard InChI is InChI=1S/C25H31ClO6S/c1-4-6-19-21(9-8-18(16(3)27)25(19)31)32-11-5-12-33-22-10-7-17(14-20(22)26)24(30)15(2)13-23(28)29/h7-10,14-15,24,30-31H,4-6,11-13H2,1-3H3,(H,28,29). The average Bonchev–Trinajstić information content (AvgIpc) is 2.75. The lowest BCUT2D eigenvalue weighted by atomic mass is 9.95. The summed E-state index contributed by atoms with van der Waals surface area (Å²) >= 11 is 7.93. The number of Topliss-reactive ketones (excluding diaryl/α,β-unsaturated/α-hetero) is 1. The van der Waals surface area contributed by atoms with Crippen molar-refractivity contribution in [2.45, 2.75) is 57.5 Å². The number of phenols is 1. The van der Waals surface area contributed by atoms with E-state index < -0.39 is 18.0 Å². The quantitative estimate of drug-likeness (QED) is 0.181. The molecule has 2 rings (SSSR count). The topological polar surface area (TPSA) is 104 Å². The fraction of sp³-hybridized carbons (Fsp3) is 0.440. The minimum atomic E-state index is -0.950. The van der Waals surface area contributed by atoms with Gasteiger partial charge in [-0.15, -0.1) is 11.8 Å². The Kier molecular flexibility index (Phi) is 10.5. The number of phenolic OH excluding ortho intramolecular Hbond substituents is 1. The Balaban J connectivity index is 1.91. The SMILES string of the molecule is CCCc1c(OCCCSc2ccc(C(O)C(C)CC(=O)O)cc2Cl)ccc(C(C)=O)c1O. The number of aliphatic hydroxyl groups excluding tert-OH is 1. The highest BCUT2D eigenvalue weighted by Gasteiger charge is 2.20. The van der Waals surface area contributed by atoms with Crippen LogP contribution in [-0.2, 0) is 11.2 Å². The molecule has 0 saturated heterocycles. The predicted octanol–water partition coefficient (Wildman–Crippen LogP) is 5.91. The van der Waals surface area contributed by atoms with E-state index in [0.717, 1.165) is 23.5 Å². The first-order chi connectivity index (χ1) is 15.6. The summed E-state index contributed by atoms with van der Waals surface area (Å²) in [4.78, 5) is 23.4. The summed E-state index contributed by atoms with van der Waals surface area (Å²) in [7, 11) is 0. The molecule has 0 fully saturated rings. The van der Waals surface area contributed by atoms with Crippen molar-refractivity contribution in [1.82, 2.24) is 0 Å². The number of ether oxygens (including phenoxy) is 1. The van der Waals surface area contributed by atoms with Crippen LogP contribution < -0.4 is 4.74 Å². The highest BCUT2D eigenvalue weighted by molar-refractivity contribution is 7.99. The van der Waals surface area contributed by atoms with E-state index in [1.807, 2.05) is 13.0 Å². The molecule has 0 radical (unpaired) electrons. The molecule has 2 unspecified atom stereocenters. The Labute approximate surface area is 203 Å². The zero-order valence-electron chi connectivity index (χ0n) is 19.1. The number of carbonyl (C=O) groups is 2. The normalized spacial score (nSPS) is 12.9. The van der Waals surface area contributed by atoms with Crippen LogP contribution in [-0.4, -0.2) is 39.4 Å². The van der Waals surface area contributed by atoms with Gasteiger partial charge in [0.25, 0.3) is 0 Å². The van der Waals surface area contributed by atoms with Gasteiger partial charge in [-0.2, -0.15) is 0 Å². The molecule has 0 aromatic heterocycles. The number of carboxylic acid groups (broad SMARTS) is 1. The number of thioether (sulfide) groups is 1. The van der Waals surface area contributed by atoms with Crippen molar-refractivity contribution in [3.05, 3.63) is 52.0 Å². The molecule has 2 atom stereocenters. The van der Waals surface area contributed by atoms with Crippen molar-refractivity contribution in [1.29, 1.82) is 0 Å². The Morgan fingerprint density at radius 1 is 1.21 bits per heavy atom. The number of hydrogen-bond donors (Lipinski definition) is 3. The third-order valence-corrected chi connectivity index (χ3v) is 6.84. The van der Waals surface area contributed by atoms with E-state index in [0.29, 0.717) is 40.5 Å². The molecule has 0 aliphatic carbocycles. The van der Waals surface area contributed by atoms with Crippen molar-refractivity contribution in [2.75, 3.05) is 12.4 Å². The van der Waals surface area contributed by atoms with Crippen molar-refractivity contribution >= 4 is 35.1 Å². The van der Waals surface area contributed by atoms with Crippen LogP contribution in [0.25, 0.3) is 0 Å². The van der Waals surface area contributed by atoms with Crippen molar-refractivity contribution in [2.24, 2.45) is 5.92 Å². The summed E-state index contributed by atoms with van der Waals surface area (Å²) in [6.45, 7) is 5.57. The fourth-order valence-electron chi connectivity index (χ4n) is 3.49.